The molecule has 0 fully saturated rings. The Morgan fingerprint density at radius 3 is 2.93 bits per heavy atom. The highest BCUT2D eigenvalue weighted by Crippen LogP contribution is 2.22. The summed E-state index contributed by atoms with van der Waals surface area (Å²) in [5, 5.41) is 14.9. The number of urea groups is 1. The van der Waals surface area contributed by atoms with Crippen molar-refractivity contribution in [1.82, 2.24) is 30.2 Å². The van der Waals surface area contributed by atoms with E-state index < -0.39 is 0 Å². The van der Waals surface area contributed by atoms with Crippen LogP contribution in [-0.2, 0) is 25.9 Å². The molecule has 0 aliphatic heterocycles. The van der Waals surface area contributed by atoms with E-state index in [-0.39, 0.29) is 6.03 Å². The maximum atomic E-state index is 12.5. The third-order valence-electron chi connectivity index (χ3n) is 5.23. The first kappa shape index (κ1) is 18.3. The summed E-state index contributed by atoms with van der Waals surface area (Å²) in [6.07, 6.45) is 3.27. The van der Waals surface area contributed by atoms with Gasteiger partial charge in [0.2, 0.25) is 0 Å². The molecule has 0 unspecified atom stereocenters. The van der Waals surface area contributed by atoms with E-state index in [1.54, 1.807) is 11.9 Å². The van der Waals surface area contributed by atoms with Crippen LogP contribution in [0.4, 0.5) is 4.79 Å². The molecule has 0 bridgehead atoms. The van der Waals surface area contributed by atoms with E-state index in [4.69, 9.17) is 0 Å². The lowest BCUT2D eigenvalue weighted by molar-refractivity contribution is 0.206. The van der Waals surface area contributed by atoms with Crippen molar-refractivity contribution in [3.8, 4) is 5.69 Å². The maximum absolute atomic E-state index is 12.5. The van der Waals surface area contributed by atoms with Crippen molar-refractivity contribution >= 4 is 6.03 Å². The quantitative estimate of drug-likeness (QED) is 0.716. The molecule has 2 amide bonds. The van der Waals surface area contributed by atoms with Gasteiger partial charge in [-0.1, -0.05) is 12.1 Å². The van der Waals surface area contributed by atoms with Crippen LogP contribution in [0.2, 0.25) is 0 Å². The largest absolute Gasteiger partial charge is 0.332 e. The second-order valence-corrected chi connectivity index (χ2v) is 7.50. The maximum Gasteiger partial charge on any atom is 0.317 e. The Bertz CT molecular complexity index is 1000. The van der Waals surface area contributed by atoms with Gasteiger partial charge >= 0.3 is 6.03 Å². The molecule has 0 radical (unpaired) electrons. The van der Waals surface area contributed by atoms with Crippen LogP contribution >= 0.6 is 0 Å². The van der Waals surface area contributed by atoms with Crippen LogP contribution in [0.25, 0.3) is 5.69 Å². The normalized spacial score (nSPS) is 12.8. The average Bonchev–Trinajstić information content (AvgIpc) is 3.36. The number of hydrogen-bond acceptors (Lipinski definition) is 3. The van der Waals surface area contributed by atoms with Crippen LogP contribution in [0.3, 0.4) is 0 Å². The van der Waals surface area contributed by atoms with Gasteiger partial charge in [0.25, 0.3) is 0 Å². The predicted molar refractivity (Wildman–Crippen MR) is 107 cm³/mol. The Morgan fingerprint density at radius 1 is 1.29 bits per heavy atom. The minimum Gasteiger partial charge on any atom is -0.332 e. The van der Waals surface area contributed by atoms with E-state index in [0.29, 0.717) is 13.1 Å². The van der Waals surface area contributed by atoms with Gasteiger partial charge in [-0.2, -0.15) is 10.2 Å². The van der Waals surface area contributed by atoms with Gasteiger partial charge in [-0.15, -0.1) is 0 Å². The Kier molecular flexibility index (Phi) is 4.90. The Morgan fingerprint density at radius 2 is 2.14 bits per heavy atom. The topological polar surface area (TPSA) is 78.8 Å². The van der Waals surface area contributed by atoms with E-state index in [0.717, 1.165) is 47.6 Å². The van der Waals surface area contributed by atoms with Gasteiger partial charge in [0, 0.05) is 25.0 Å². The van der Waals surface area contributed by atoms with Crippen LogP contribution in [0, 0.1) is 13.8 Å². The van der Waals surface area contributed by atoms with Crippen molar-refractivity contribution in [2.45, 2.75) is 46.2 Å². The molecular weight excluding hydrogens is 352 g/mol. The fraction of sp³-hybridized carbons (Fsp3) is 0.381. The SMILES string of the molecule is Cc1cc(C)n(-c2cccc(CN(C)C(=O)NCc3n[nH]c4c3CCC4)c2)n1. The first-order valence-corrected chi connectivity index (χ1v) is 9.68. The third kappa shape index (κ3) is 3.65. The monoisotopic (exact) mass is 378 g/mol. The van der Waals surface area contributed by atoms with Gasteiger partial charge in [0.15, 0.2) is 0 Å². The fourth-order valence-corrected chi connectivity index (χ4v) is 3.85. The first-order chi connectivity index (χ1) is 13.5. The number of amides is 2. The molecule has 1 aromatic carbocycles. The molecule has 28 heavy (non-hydrogen) atoms. The van der Waals surface area contributed by atoms with Crippen LogP contribution in [0.1, 0.15) is 40.3 Å². The number of fused-ring (bicyclic) bond motifs is 1. The number of hydrogen-bond donors (Lipinski definition) is 2. The summed E-state index contributed by atoms with van der Waals surface area (Å²) in [6.45, 7) is 5.01. The number of aryl methyl sites for hydroxylation is 3. The van der Waals surface area contributed by atoms with E-state index in [9.17, 15) is 4.79 Å². The lowest BCUT2D eigenvalue weighted by Crippen LogP contribution is -2.36. The number of rotatable bonds is 5. The van der Waals surface area contributed by atoms with Crippen molar-refractivity contribution in [3.05, 3.63) is 64.2 Å². The van der Waals surface area contributed by atoms with Crippen LogP contribution < -0.4 is 5.32 Å². The standard InChI is InChI=1S/C21H26N6O/c1-14-10-15(2)27(25-14)17-7-4-6-16(11-17)13-26(3)21(28)22-12-20-18-8-5-9-19(18)23-24-20/h4,6-7,10-11H,5,8-9,12-13H2,1-3H3,(H,22,28)(H,23,24). The van der Waals surface area contributed by atoms with Crippen LogP contribution in [0.5, 0.6) is 0 Å². The lowest BCUT2D eigenvalue weighted by atomic mass is 10.2. The molecular formula is C21H26N6O. The van der Waals surface area contributed by atoms with Gasteiger partial charge in [-0.3, -0.25) is 5.10 Å². The second-order valence-electron chi connectivity index (χ2n) is 7.50. The zero-order chi connectivity index (χ0) is 19.7. The van der Waals surface area contributed by atoms with E-state index in [2.05, 4.69) is 32.7 Å². The smallest absolute Gasteiger partial charge is 0.317 e. The van der Waals surface area contributed by atoms with Gasteiger partial charge in [0.05, 0.1) is 23.6 Å². The number of H-pyrrole nitrogens is 1. The molecule has 3 aromatic rings. The fourth-order valence-electron chi connectivity index (χ4n) is 3.85. The summed E-state index contributed by atoms with van der Waals surface area (Å²) in [7, 11) is 1.81. The molecule has 0 atom stereocenters. The summed E-state index contributed by atoms with van der Waals surface area (Å²) in [6, 6.07) is 10.1. The number of benzene rings is 1. The highest BCUT2D eigenvalue weighted by molar-refractivity contribution is 5.73. The summed E-state index contributed by atoms with van der Waals surface area (Å²) in [5.41, 5.74) is 7.60. The van der Waals surface area contributed by atoms with Gasteiger partial charge in [-0.25, -0.2) is 9.48 Å². The van der Waals surface area contributed by atoms with Crippen LogP contribution in [-0.4, -0.2) is 38.0 Å². The number of carbonyl (C=O) groups excluding carboxylic acids is 1. The van der Waals surface area contributed by atoms with Gasteiger partial charge in [0.1, 0.15) is 0 Å². The van der Waals surface area contributed by atoms with Crippen molar-refractivity contribution < 1.29 is 4.79 Å². The first-order valence-electron chi connectivity index (χ1n) is 9.68. The summed E-state index contributed by atoms with van der Waals surface area (Å²) >= 11 is 0. The number of nitrogens with one attached hydrogen (secondary N) is 2. The third-order valence-corrected chi connectivity index (χ3v) is 5.23. The molecule has 7 nitrogen and oxygen atoms in total. The molecule has 0 spiro atoms. The Balaban J connectivity index is 1.39. The lowest BCUT2D eigenvalue weighted by Gasteiger charge is -2.18. The summed E-state index contributed by atoms with van der Waals surface area (Å²) in [4.78, 5) is 14.2. The molecule has 2 heterocycles. The minimum absolute atomic E-state index is 0.105. The van der Waals surface area contributed by atoms with Gasteiger partial charge < -0.3 is 10.2 Å². The number of carbonyl (C=O) groups is 1. The minimum atomic E-state index is -0.105. The number of aromatic amines is 1. The summed E-state index contributed by atoms with van der Waals surface area (Å²) < 4.78 is 1.93. The molecule has 7 heteroatoms. The zero-order valence-corrected chi connectivity index (χ0v) is 16.6. The molecule has 1 aliphatic carbocycles. The van der Waals surface area contributed by atoms with Crippen LogP contribution in [0.15, 0.2) is 30.3 Å². The van der Waals surface area contributed by atoms with Crippen molar-refractivity contribution in [2.24, 2.45) is 0 Å². The Labute approximate surface area is 164 Å². The number of aromatic nitrogens is 4. The van der Waals surface area contributed by atoms with E-state index >= 15 is 0 Å². The second kappa shape index (κ2) is 7.50. The molecule has 2 aromatic heterocycles. The highest BCUT2D eigenvalue weighted by Gasteiger charge is 2.19. The number of nitrogens with zero attached hydrogens (tertiary/aromatic N) is 4. The van der Waals surface area contributed by atoms with Crippen molar-refractivity contribution in [1.29, 1.82) is 0 Å². The van der Waals surface area contributed by atoms with Crippen molar-refractivity contribution in [3.63, 3.8) is 0 Å². The highest BCUT2D eigenvalue weighted by atomic mass is 16.2. The van der Waals surface area contributed by atoms with E-state index in [1.807, 2.05) is 36.7 Å². The Hall–Kier alpha value is -3.09. The van der Waals surface area contributed by atoms with Gasteiger partial charge in [-0.05, 0) is 62.4 Å². The molecule has 2 N–H and O–H groups in total. The molecule has 146 valence electrons. The van der Waals surface area contributed by atoms with E-state index in [1.165, 1.54) is 11.3 Å². The molecule has 1 aliphatic rings. The molecule has 0 saturated heterocycles. The molecule has 4 rings (SSSR count). The van der Waals surface area contributed by atoms with Crippen molar-refractivity contribution in [2.75, 3.05) is 7.05 Å². The predicted octanol–water partition coefficient (Wildman–Crippen LogP) is 3.04. The average molecular weight is 378 g/mol. The zero-order valence-electron chi connectivity index (χ0n) is 16.6. The molecule has 0 saturated carbocycles. The summed E-state index contributed by atoms with van der Waals surface area (Å²) in [5.74, 6) is 0.